The normalized spacial score (nSPS) is 20.3. The van der Waals surface area contributed by atoms with E-state index in [0.717, 1.165) is 22.4 Å². The summed E-state index contributed by atoms with van der Waals surface area (Å²) in [6.45, 7) is 14.5. The smallest absolute Gasteiger partial charge is 0.160 e. The molecule has 0 amide bonds. The number of ketones is 1. The molecule has 1 aromatic carbocycles. The van der Waals surface area contributed by atoms with Crippen LogP contribution in [-0.4, -0.2) is 11.9 Å². The fourth-order valence-corrected chi connectivity index (χ4v) is 3.00. The zero-order chi connectivity index (χ0) is 14.5. The molecule has 2 heteroatoms. The van der Waals surface area contributed by atoms with Crippen molar-refractivity contribution >= 4 is 5.78 Å². The first-order valence-corrected chi connectivity index (χ1v) is 7.03. The van der Waals surface area contributed by atoms with Gasteiger partial charge in [0, 0.05) is 16.5 Å². The van der Waals surface area contributed by atoms with Gasteiger partial charge in [-0.3, -0.25) is 4.79 Å². The van der Waals surface area contributed by atoms with Gasteiger partial charge in [-0.05, 0) is 43.9 Å². The van der Waals surface area contributed by atoms with Gasteiger partial charge in [-0.1, -0.05) is 27.7 Å². The second kappa shape index (κ2) is 4.36. The second-order valence-electron chi connectivity index (χ2n) is 6.54. The maximum atomic E-state index is 11.9. The molecular weight excluding hydrogens is 236 g/mol. The van der Waals surface area contributed by atoms with E-state index in [1.807, 2.05) is 13.0 Å². The van der Waals surface area contributed by atoms with E-state index in [4.69, 9.17) is 4.74 Å². The van der Waals surface area contributed by atoms with Crippen LogP contribution < -0.4 is 4.74 Å². The summed E-state index contributed by atoms with van der Waals surface area (Å²) in [5.41, 5.74) is 4.25. The van der Waals surface area contributed by atoms with Crippen molar-refractivity contribution in [3.63, 3.8) is 0 Å². The molecule has 0 N–H and O–H groups in total. The summed E-state index contributed by atoms with van der Waals surface area (Å²) >= 11 is 0. The highest BCUT2D eigenvalue weighted by Gasteiger charge is 2.42. The highest BCUT2D eigenvalue weighted by atomic mass is 16.5. The quantitative estimate of drug-likeness (QED) is 0.738. The van der Waals surface area contributed by atoms with E-state index in [1.54, 1.807) is 6.92 Å². The van der Waals surface area contributed by atoms with Gasteiger partial charge in [0.25, 0.3) is 0 Å². The molecule has 0 spiro atoms. The van der Waals surface area contributed by atoms with Crippen molar-refractivity contribution in [1.29, 1.82) is 0 Å². The number of carbonyl (C=O) groups excluding carboxylic acids is 1. The van der Waals surface area contributed by atoms with Crippen LogP contribution in [0.25, 0.3) is 0 Å². The summed E-state index contributed by atoms with van der Waals surface area (Å²) in [5.74, 6) is 1.50. The van der Waals surface area contributed by atoms with Gasteiger partial charge in [0.1, 0.15) is 11.9 Å². The van der Waals surface area contributed by atoms with Crippen LogP contribution in [0.5, 0.6) is 5.75 Å². The molecule has 1 aromatic rings. The molecule has 0 aromatic heterocycles. The standard InChI is InChI=1S/C17H24O2/c1-9(2)13-8-14(11(4)18)10(3)15-16(13)19-12(5)17(15,6)7/h8-9,12H,1-7H3. The Bertz CT molecular complexity index is 539. The van der Waals surface area contributed by atoms with Crippen molar-refractivity contribution in [3.05, 3.63) is 28.3 Å². The fraction of sp³-hybridized carbons (Fsp3) is 0.588. The van der Waals surface area contributed by atoms with Gasteiger partial charge in [0.15, 0.2) is 5.78 Å². The number of Topliss-reactive ketones (excluding diaryl/α,β-unsaturated/α-hetero) is 1. The van der Waals surface area contributed by atoms with Crippen LogP contribution in [-0.2, 0) is 5.41 Å². The van der Waals surface area contributed by atoms with Crippen molar-refractivity contribution in [2.45, 2.75) is 65.9 Å². The van der Waals surface area contributed by atoms with Gasteiger partial charge in [0.05, 0.1) is 0 Å². The minimum Gasteiger partial charge on any atom is -0.489 e. The van der Waals surface area contributed by atoms with Crippen LogP contribution in [0.2, 0.25) is 0 Å². The Morgan fingerprint density at radius 1 is 1.37 bits per heavy atom. The SMILES string of the molecule is CC(=O)c1cc(C(C)C)c2c(c1C)C(C)(C)C(C)O2. The maximum absolute atomic E-state index is 11.9. The lowest BCUT2D eigenvalue weighted by Crippen LogP contribution is -2.29. The minimum atomic E-state index is -0.0471. The van der Waals surface area contributed by atoms with Crippen LogP contribution in [0.15, 0.2) is 6.07 Å². The van der Waals surface area contributed by atoms with Crippen LogP contribution in [0.3, 0.4) is 0 Å². The van der Waals surface area contributed by atoms with Gasteiger partial charge in [0.2, 0.25) is 0 Å². The number of hydrogen-bond acceptors (Lipinski definition) is 2. The molecule has 0 saturated heterocycles. The summed E-state index contributed by atoms with van der Waals surface area (Å²) in [6.07, 6.45) is 0.140. The topological polar surface area (TPSA) is 26.3 Å². The van der Waals surface area contributed by atoms with Crippen molar-refractivity contribution in [2.24, 2.45) is 0 Å². The number of carbonyl (C=O) groups is 1. The first-order chi connectivity index (χ1) is 8.67. The van der Waals surface area contributed by atoms with E-state index in [2.05, 4.69) is 34.6 Å². The van der Waals surface area contributed by atoms with E-state index < -0.39 is 0 Å². The van der Waals surface area contributed by atoms with Gasteiger partial charge >= 0.3 is 0 Å². The summed E-state index contributed by atoms with van der Waals surface area (Å²) in [7, 11) is 0. The van der Waals surface area contributed by atoms with Crippen molar-refractivity contribution in [3.8, 4) is 5.75 Å². The molecule has 0 saturated carbocycles. The van der Waals surface area contributed by atoms with Crippen LogP contribution in [0.1, 0.15) is 74.5 Å². The molecule has 0 bridgehead atoms. The van der Waals surface area contributed by atoms with E-state index in [0.29, 0.717) is 5.92 Å². The highest BCUT2D eigenvalue weighted by molar-refractivity contribution is 5.96. The lowest BCUT2D eigenvalue weighted by atomic mass is 9.76. The monoisotopic (exact) mass is 260 g/mol. The van der Waals surface area contributed by atoms with E-state index in [1.165, 1.54) is 5.56 Å². The summed E-state index contributed by atoms with van der Waals surface area (Å²) in [6, 6.07) is 2.02. The minimum absolute atomic E-state index is 0.0471. The second-order valence-corrected chi connectivity index (χ2v) is 6.54. The summed E-state index contributed by atoms with van der Waals surface area (Å²) < 4.78 is 6.12. The fourth-order valence-electron chi connectivity index (χ4n) is 3.00. The average Bonchev–Trinajstić information content (AvgIpc) is 2.50. The predicted molar refractivity (Wildman–Crippen MR) is 78.4 cm³/mol. The van der Waals surface area contributed by atoms with Crippen LogP contribution >= 0.6 is 0 Å². The Balaban J connectivity index is 2.81. The van der Waals surface area contributed by atoms with Gasteiger partial charge in [-0.15, -0.1) is 0 Å². The van der Waals surface area contributed by atoms with Crippen molar-refractivity contribution in [1.82, 2.24) is 0 Å². The number of fused-ring (bicyclic) bond motifs is 1. The molecule has 1 heterocycles. The molecule has 19 heavy (non-hydrogen) atoms. The Hall–Kier alpha value is -1.31. The Labute approximate surface area is 116 Å². The molecule has 0 aliphatic carbocycles. The third-order valence-corrected chi connectivity index (χ3v) is 4.52. The largest absolute Gasteiger partial charge is 0.489 e. The molecule has 0 radical (unpaired) electrons. The van der Waals surface area contributed by atoms with E-state index in [9.17, 15) is 4.79 Å². The lowest BCUT2D eigenvalue weighted by Gasteiger charge is -2.24. The molecule has 104 valence electrons. The third kappa shape index (κ3) is 1.98. The third-order valence-electron chi connectivity index (χ3n) is 4.52. The highest BCUT2D eigenvalue weighted by Crippen LogP contribution is 2.49. The lowest BCUT2D eigenvalue weighted by molar-refractivity contribution is 0.101. The number of ether oxygens (including phenoxy) is 1. The molecule has 2 nitrogen and oxygen atoms in total. The Kier molecular flexibility index (Phi) is 3.24. The average molecular weight is 260 g/mol. The van der Waals surface area contributed by atoms with Gasteiger partial charge in [-0.2, -0.15) is 0 Å². The molecule has 2 rings (SSSR count). The van der Waals surface area contributed by atoms with Gasteiger partial charge in [-0.25, -0.2) is 0 Å². The summed E-state index contributed by atoms with van der Waals surface area (Å²) in [5, 5.41) is 0. The summed E-state index contributed by atoms with van der Waals surface area (Å²) in [4.78, 5) is 11.9. The molecule has 0 fully saturated rings. The number of rotatable bonds is 2. The molecule has 1 atom stereocenters. The van der Waals surface area contributed by atoms with Gasteiger partial charge < -0.3 is 4.74 Å². The maximum Gasteiger partial charge on any atom is 0.160 e. The van der Waals surface area contributed by atoms with Crippen LogP contribution in [0, 0.1) is 6.92 Å². The molecule has 1 unspecified atom stereocenters. The van der Waals surface area contributed by atoms with E-state index in [-0.39, 0.29) is 17.3 Å². The zero-order valence-electron chi connectivity index (χ0n) is 13.0. The van der Waals surface area contributed by atoms with Crippen molar-refractivity contribution in [2.75, 3.05) is 0 Å². The number of hydrogen-bond donors (Lipinski definition) is 0. The molecular formula is C17H24O2. The number of benzene rings is 1. The first-order valence-electron chi connectivity index (χ1n) is 7.03. The predicted octanol–water partition coefficient (Wildman–Crippen LogP) is 4.38. The van der Waals surface area contributed by atoms with Crippen LogP contribution in [0.4, 0.5) is 0 Å². The van der Waals surface area contributed by atoms with Crippen molar-refractivity contribution < 1.29 is 9.53 Å². The Morgan fingerprint density at radius 3 is 2.42 bits per heavy atom. The zero-order valence-corrected chi connectivity index (χ0v) is 13.0. The van der Waals surface area contributed by atoms with E-state index >= 15 is 0 Å². The Morgan fingerprint density at radius 2 is 1.95 bits per heavy atom. The molecule has 1 aliphatic heterocycles. The first kappa shape index (κ1) is 14.1. The molecule has 1 aliphatic rings.